The van der Waals surface area contributed by atoms with Crippen LogP contribution in [0.25, 0.3) is 0 Å². The first-order valence-corrected chi connectivity index (χ1v) is 4.61. The number of hydrogen-bond donors (Lipinski definition) is 5. The Morgan fingerprint density at radius 3 is 1.38 bits per heavy atom. The SMILES string of the molecule is O=C(O)C(O)C(O)C(=O)O.ON1CCCC1. The fraction of sp³-hybridized carbons (Fsp3) is 0.750. The fourth-order valence-electron chi connectivity index (χ4n) is 0.971. The van der Waals surface area contributed by atoms with Crippen molar-refractivity contribution in [3.63, 3.8) is 0 Å². The van der Waals surface area contributed by atoms with E-state index >= 15 is 0 Å². The van der Waals surface area contributed by atoms with Crippen LogP contribution in [0.1, 0.15) is 12.8 Å². The number of nitrogens with zero attached hydrogens (tertiary/aromatic N) is 1. The van der Waals surface area contributed by atoms with E-state index in [-0.39, 0.29) is 0 Å². The Labute approximate surface area is 91.3 Å². The summed E-state index contributed by atoms with van der Waals surface area (Å²) in [4.78, 5) is 19.5. The maximum atomic E-state index is 9.77. The number of hydroxylamine groups is 2. The number of hydrogen-bond acceptors (Lipinski definition) is 6. The average Bonchev–Trinajstić information content (AvgIpc) is 2.67. The molecule has 1 heterocycles. The molecule has 2 unspecified atom stereocenters. The molecule has 0 aromatic carbocycles. The van der Waals surface area contributed by atoms with E-state index in [4.69, 9.17) is 25.6 Å². The molecule has 0 radical (unpaired) electrons. The summed E-state index contributed by atoms with van der Waals surface area (Å²) in [5, 5.41) is 42.4. The molecule has 0 aromatic rings. The van der Waals surface area contributed by atoms with Gasteiger partial charge in [-0.1, -0.05) is 0 Å². The number of carboxylic acids is 2. The zero-order valence-corrected chi connectivity index (χ0v) is 8.48. The van der Waals surface area contributed by atoms with E-state index in [1.165, 1.54) is 5.06 Å². The molecule has 94 valence electrons. The van der Waals surface area contributed by atoms with Crippen molar-refractivity contribution in [1.29, 1.82) is 0 Å². The Bertz CT molecular complexity index is 221. The van der Waals surface area contributed by atoms with Gasteiger partial charge >= 0.3 is 11.9 Å². The van der Waals surface area contributed by atoms with Gasteiger partial charge in [0.05, 0.1) is 0 Å². The second kappa shape index (κ2) is 7.12. The van der Waals surface area contributed by atoms with Crippen LogP contribution >= 0.6 is 0 Å². The predicted molar refractivity (Wildman–Crippen MR) is 49.9 cm³/mol. The first-order chi connectivity index (χ1) is 7.36. The summed E-state index contributed by atoms with van der Waals surface area (Å²) in [7, 11) is 0. The lowest BCUT2D eigenvalue weighted by atomic mass is 10.2. The van der Waals surface area contributed by atoms with Crippen molar-refractivity contribution in [1.82, 2.24) is 5.06 Å². The van der Waals surface area contributed by atoms with Crippen molar-refractivity contribution in [2.24, 2.45) is 0 Å². The number of aliphatic hydroxyl groups is 2. The standard InChI is InChI=1S/C4H9NO.C4H6O6/c6-5-3-1-2-4-5;5-1(3(7)8)2(6)4(9)10/h6H,1-4H2;1-2,5-6H,(H,7,8)(H,9,10). The third kappa shape index (κ3) is 5.61. The van der Waals surface area contributed by atoms with Crippen molar-refractivity contribution in [2.45, 2.75) is 25.0 Å². The molecule has 2 atom stereocenters. The summed E-state index contributed by atoms with van der Waals surface area (Å²) < 4.78 is 0. The lowest BCUT2D eigenvalue weighted by molar-refractivity contribution is -0.165. The van der Waals surface area contributed by atoms with Gasteiger partial charge in [-0.2, -0.15) is 5.06 Å². The summed E-state index contributed by atoms with van der Waals surface area (Å²) in [5.74, 6) is -3.54. The van der Waals surface area contributed by atoms with E-state index in [9.17, 15) is 9.59 Å². The van der Waals surface area contributed by atoms with Gasteiger partial charge in [0.1, 0.15) is 0 Å². The number of aliphatic hydroxyl groups excluding tert-OH is 2. The van der Waals surface area contributed by atoms with Gasteiger partial charge in [-0.15, -0.1) is 0 Å². The Balaban J connectivity index is 0.000000315. The van der Waals surface area contributed by atoms with Crippen molar-refractivity contribution >= 4 is 11.9 Å². The molecular weight excluding hydrogens is 222 g/mol. The molecule has 16 heavy (non-hydrogen) atoms. The lowest BCUT2D eigenvalue weighted by Gasteiger charge is -2.07. The second-order valence-electron chi connectivity index (χ2n) is 3.23. The van der Waals surface area contributed by atoms with Crippen LogP contribution in [0.4, 0.5) is 0 Å². The summed E-state index contributed by atoms with van der Waals surface area (Å²) in [5.41, 5.74) is 0. The highest BCUT2D eigenvalue weighted by molar-refractivity contribution is 5.83. The molecule has 1 aliphatic heterocycles. The van der Waals surface area contributed by atoms with Crippen LogP contribution in [-0.4, -0.2) is 67.9 Å². The molecule has 0 spiro atoms. The molecule has 8 heteroatoms. The van der Waals surface area contributed by atoms with Gasteiger partial charge < -0.3 is 25.6 Å². The minimum Gasteiger partial charge on any atom is -0.479 e. The third-order valence-corrected chi connectivity index (χ3v) is 1.89. The highest BCUT2D eigenvalue weighted by atomic mass is 16.5. The van der Waals surface area contributed by atoms with Gasteiger partial charge in [-0.25, -0.2) is 9.59 Å². The van der Waals surface area contributed by atoms with Crippen molar-refractivity contribution in [2.75, 3.05) is 13.1 Å². The minimum absolute atomic E-state index is 0.875. The smallest absolute Gasteiger partial charge is 0.335 e. The van der Waals surface area contributed by atoms with Crippen LogP contribution in [0.5, 0.6) is 0 Å². The highest BCUT2D eigenvalue weighted by Crippen LogP contribution is 2.01. The molecule has 1 saturated heterocycles. The number of carboxylic acid groups (broad SMARTS) is 2. The van der Waals surface area contributed by atoms with Crippen LogP contribution in [0, 0.1) is 0 Å². The van der Waals surface area contributed by atoms with Gasteiger partial charge in [0.2, 0.25) is 0 Å². The normalized spacial score (nSPS) is 19.4. The number of rotatable bonds is 3. The van der Waals surface area contributed by atoms with Gasteiger partial charge in [0.25, 0.3) is 0 Å². The van der Waals surface area contributed by atoms with Crippen molar-refractivity contribution in [3.8, 4) is 0 Å². The van der Waals surface area contributed by atoms with Crippen LogP contribution in [0.15, 0.2) is 0 Å². The zero-order chi connectivity index (χ0) is 12.7. The summed E-state index contributed by atoms with van der Waals surface area (Å²) in [6.07, 6.45) is -2.21. The van der Waals surface area contributed by atoms with Gasteiger partial charge in [0.15, 0.2) is 12.2 Å². The van der Waals surface area contributed by atoms with Crippen LogP contribution in [-0.2, 0) is 9.59 Å². The quantitative estimate of drug-likeness (QED) is 0.393. The van der Waals surface area contributed by atoms with E-state index < -0.39 is 24.1 Å². The predicted octanol–water partition coefficient (Wildman–Crippen LogP) is -1.65. The molecule has 1 aliphatic rings. The molecular formula is C8H15NO7. The Kier molecular flexibility index (Phi) is 6.58. The zero-order valence-electron chi connectivity index (χ0n) is 8.48. The Morgan fingerprint density at radius 2 is 1.25 bits per heavy atom. The second-order valence-corrected chi connectivity index (χ2v) is 3.23. The van der Waals surface area contributed by atoms with Crippen LogP contribution in [0.2, 0.25) is 0 Å². The van der Waals surface area contributed by atoms with Crippen LogP contribution < -0.4 is 0 Å². The molecule has 1 fully saturated rings. The van der Waals surface area contributed by atoms with E-state index in [0.717, 1.165) is 25.9 Å². The van der Waals surface area contributed by atoms with E-state index in [1.807, 2.05) is 0 Å². The first-order valence-electron chi connectivity index (χ1n) is 4.61. The fourth-order valence-corrected chi connectivity index (χ4v) is 0.971. The molecule has 1 rings (SSSR count). The molecule has 0 saturated carbocycles. The minimum atomic E-state index is -2.27. The van der Waals surface area contributed by atoms with E-state index in [2.05, 4.69) is 0 Å². The van der Waals surface area contributed by atoms with Gasteiger partial charge in [0, 0.05) is 13.1 Å². The maximum absolute atomic E-state index is 9.77. The molecule has 8 nitrogen and oxygen atoms in total. The summed E-state index contributed by atoms with van der Waals surface area (Å²) in [6.45, 7) is 1.75. The van der Waals surface area contributed by atoms with Gasteiger partial charge in [-0.05, 0) is 12.8 Å². The highest BCUT2D eigenvalue weighted by Gasteiger charge is 2.29. The first kappa shape index (κ1) is 14.8. The number of carbonyl (C=O) groups is 2. The summed E-state index contributed by atoms with van der Waals surface area (Å²) >= 11 is 0. The summed E-state index contributed by atoms with van der Waals surface area (Å²) in [6, 6.07) is 0. The molecule has 0 bridgehead atoms. The molecule has 0 aromatic heterocycles. The monoisotopic (exact) mass is 237 g/mol. The maximum Gasteiger partial charge on any atom is 0.335 e. The average molecular weight is 237 g/mol. The Hall–Kier alpha value is -1.22. The number of aliphatic carboxylic acids is 2. The van der Waals surface area contributed by atoms with Crippen LogP contribution in [0.3, 0.4) is 0 Å². The molecule has 0 amide bonds. The van der Waals surface area contributed by atoms with E-state index in [0.29, 0.717) is 0 Å². The van der Waals surface area contributed by atoms with Crippen molar-refractivity contribution in [3.05, 3.63) is 0 Å². The molecule has 0 aliphatic carbocycles. The van der Waals surface area contributed by atoms with E-state index in [1.54, 1.807) is 0 Å². The van der Waals surface area contributed by atoms with Crippen molar-refractivity contribution < 1.29 is 35.2 Å². The topological polar surface area (TPSA) is 139 Å². The lowest BCUT2D eigenvalue weighted by Crippen LogP contribution is -2.39. The Morgan fingerprint density at radius 1 is 0.938 bits per heavy atom. The largest absolute Gasteiger partial charge is 0.479 e. The molecule has 5 N–H and O–H groups in total. The van der Waals surface area contributed by atoms with Gasteiger partial charge in [-0.3, -0.25) is 0 Å². The third-order valence-electron chi connectivity index (χ3n) is 1.89.